The summed E-state index contributed by atoms with van der Waals surface area (Å²) in [5.74, 6) is 1.88. The van der Waals surface area contributed by atoms with Crippen molar-refractivity contribution in [1.82, 2.24) is 15.5 Å². The minimum absolute atomic E-state index is 0.294. The predicted molar refractivity (Wildman–Crippen MR) is 90.8 cm³/mol. The van der Waals surface area contributed by atoms with E-state index in [4.69, 9.17) is 9.26 Å². The number of nitrogens with zero attached hydrogens (tertiary/aromatic N) is 2. The van der Waals surface area contributed by atoms with Gasteiger partial charge < -0.3 is 14.6 Å². The van der Waals surface area contributed by atoms with Gasteiger partial charge in [-0.1, -0.05) is 29.4 Å². The fourth-order valence-corrected chi connectivity index (χ4v) is 2.90. The van der Waals surface area contributed by atoms with E-state index in [0.717, 1.165) is 37.2 Å². The lowest BCUT2D eigenvalue weighted by Crippen LogP contribution is -2.16. The van der Waals surface area contributed by atoms with Gasteiger partial charge in [0, 0.05) is 5.56 Å². The van der Waals surface area contributed by atoms with Crippen LogP contribution in [0.4, 0.5) is 0 Å². The van der Waals surface area contributed by atoms with E-state index in [1.54, 1.807) is 0 Å². The second kappa shape index (κ2) is 6.84. The number of rotatable bonds is 4. The highest BCUT2D eigenvalue weighted by molar-refractivity contribution is 5.56. The number of benzene rings is 2. The Morgan fingerprint density at radius 3 is 2.71 bits per heavy atom. The van der Waals surface area contributed by atoms with Gasteiger partial charge >= 0.3 is 0 Å². The van der Waals surface area contributed by atoms with Crippen molar-refractivity contribution < 1.29 is 9.26 Å². The molecule has 122 valence electrons. The highest BCUT2D eigenvalue weighted by Gasteiger charge is 2.13. The van der Waals surface area contributed by atoms with E-state index >= 15 is 0 Å². The Hall–Kier alpha value is -2.66. The summed E-state index contributed by atoms with van der Waals surface area (Å²) in [7, 11) is 0. The smallest absolute Gasteiger partial charge is 0.258 e. The Balaban J connectivity index is 1.49. The van der Waals surface area contributed by atoms with Gasteiger partial charge in [0.1, 0.15) is 5.75 Å². The Morgan fingerprint density at radius 2 is 1.83 bits per heavy atom. The molecule has 2 aromatic carbocycles. The maximum Gasteiger partial charge on any atom is 0.258 e. The van der Waals surface area contributed by atoms with E-state index < -0.39 is 0 Å². The summed E-state index contributed by atoms with van der Waals surface area (Å²) >= 11 is 0. The summed E-state index contributed by atoms with van der Waals surface area (Å²) in [5, 5.41) is 7.44. The molecule has 1 aliphatic heterocycles. The van der Waals surface area contributed by atoms with Crippen molar-refractivity contribution in [1.29, 1.82) is 0 Å². The van der Waals surface area contributed by atoms with Crippen molar-refractivity contribution in [3.63, 3.8) is 0 Å². The second-order valence-electron chi connectivity index (χ2n) is 5.85. The molecule has 5 nitrogen and oxygen atoms in total. The maximum absolute atomic E-state index is 5.66. The maximum atomic E-state index is 5.66. The molecule has 0 aliphatic carbocycles. The third kappa shape index (κ3) is 3.31. The summed E-state index contributed by atoms with van der Waals surface area (Å²) in [6, 6.07) is 16.0. The summed E-state index contributed by atoms with van der Waals surface area (Å²) in [5.41, 5.74) is 3.72. The van der Waals surface area contributed by atoms with Crippen molar-refractivity contribution in [2.75, 3.05) is 13.1 Å². The van der Waals surface area contributed by atoms with E-state index in [-0.39, 0.29) is 0 Å². The molecule has 4 rings (SSSR count). The van der Waals surface area contributed by atoms with E-state index in [2.05, 4.69) is 33.7 Å². The highest BCUT2D eigenvalue weighted by Crippen LogP contribution is 2.23. The average molecular weight is 321 g/mol. The van der Waals surface area contributed by atoms with E-state index in [1.165, 1.54) is 11.1 Å². The van der Waals surface area contributed by atoms with Crippen molar-refractivity contribution in [2.24, 2.45) is 0 Å². The fourth-order valence-electron chi connectivity index (χ4n) is 2.90. The molecule has 0 saturated carbocycles. The lowest BCUT2D eigenvalue weighted by Gasteiger charge is -2.05. The summed E-state index contributed by atoms with van der Waals surface area (Å²) in [4.78, 5) is 4.45. The standard InChI is InChI=1S/C19H19N3O2/c1-2-4-17(5-3-1)23-13-18-21-19(24-22-18)16-7-6-14-8-10-20-11-9-15(14)12-16/h1-7,12,20H,8-11,13H2. The first kappa shape index (κ1) is 14.9. The monoisotopic (exact) mass is 321 g/mol. The molecular weight excluding hydrogens is 302 g/mol. The van der Waals surface area contributed by atoms with Gasteiger partial charge in [0.15, 0.2) is 6.61 Å². The minimum Gasteiger partial charge on any atom is -0.485 e. The Labute approximate surface area is 140 Å². The number of fused-ring (bicyclic) bond motifs is 1. The van der Waals surface area contributed by atoms with Crippen LogP contribution in [0.2, 0.25) is 0 Å². The van der Waals surface area contributed by atoms with Crippen LogP contribution in [0.25, 0.3) is 11.5 Å². The molecule has 1 aliphatic rings. The second-order valence-corrected chi connectivity index (χ2v) is 5.85. The van der Waals surface area contributed by atoms with Crippen molar-refractivity contribution >= 4 is 0 Å². The van der Waals surface area contributed by atoms with Gasteiger partial charge in [-0.25, -0.2) is 0 Å². The van der Waals surface area contributed by atoms with Gasteiger partial charge in [-0.2, -0.15) is 4.98 Å². The highest BCUT2D eigenvalue weighted by atomic mass is 16.5. The van der Waals surface area contributed by atoms with Crippen LogP contribution in [0.1, 0.15) is 17.0 Å². The first-order chi connectivity index (χ1) is 11.9. The SMILES string of the molecule is c1ccc(OCc2noc(-c3ccc4c(c3)CCNCC4)n2)cc1. The molecule has 1 N–H and O–H groups in total. The van der Waals surface area contributed by atoms with E-state index in [0.29, 0.717) is 18.3 Å². The first-order valence-corrected chi connectivity index (χ1v) is 8.22. The minimum atomic E-state index is 0.294. The fraction of sp³-hybridized carbons (Fsp3) is 0.263. The number of hydrogen-bond donors (Lipinski definition) is 1. The zero-order valence-electron chi connectivity index (χ0n) is 13.4. The van der Waals surface area contributed by atoms with Crippen LogP contribution in [0.15, 0.2) is 53.1 Å². The van der Waals surface area contributed by atoms with Gasteiger partial charge in [-0.05, 0) is 61.3 Å². The Morgan fingerprint density at radius 1 is 1.00 bits per heavy atom. The van der Waals surface area contributed by atoms with Crippen molar-refractivity contribution in [3.8, 4) is 17.2 Å². The molecule has 0 bridgehead atoms. The van der Waals surface area contributed by atoms with Gasteiger partial charge in [-0.3, -0.25) is 0 Å². The molecular formula is C19H19N3O2. The molecule has 0 unspecified atom stereocenters. The Kier molecular flexibility index (Phi) is 4.25. The molecule has 3 aromatic rings. The summed E-state index contributed by atoms with van der Waals surface area (Å²) < 4.78 is 11.1. The topological polar surface area (TPSA) is 60.2 Å². The quantitative estimate of drug-likeness (QED) is 0.800. The van der Waals surface area contributed by atoms with Crippen molar-refractivity contribution in [3.05, 3.63) is 65.5 Å². The summed E-state index contributed by atoms with van der Waals surface area (Å²) in [6.45, 7) is 2.34. The molecule has 0 radical (unpaired) electrons. The lowest BCUT2D eigenvalue weighted by molar-refractivity contribution is 0.287. The molecule has 0 atom stereocenters. The van der Waals surface area contributed by atoms with E-state index in [9.17, 15) is 0 Å². The number of nitrogens with one attached hydrogen (secondary N) is 1. The van der Waals surface area contributed by atoms with Gasteiger partial charge in [0.05, 0.1) is 0 Å². The third-order valence-corrected chi connectivity index (χ3v) is 4.17. The molecule has 5 heteroatoms. The average Bonchev–Trinajstić information content (AvgIpc) is 2.98. The Bertz CT molecular complexity index is 814. The van der Waals surface area contributed by atoms with Gasteiger partial charge in [0.25, 0.3) is 5.89 Å². The van der Waals surface area contributed by atoms with Gasteiger partial charge in [-0.15, -0.1) is 0 Å². The van der Waals surface area contributed by atoms with Crippen LogP contribution in [0.5, 0.6) is 5.75 Å². The first-order valence-electron chi connectivity index (χ1n) is 8.22. The normalized spacial score (nSPS) is 14.0. The number of aromatic nitrogens is 2. The van der Waals surface area contributed by atoms with Crippen LogP contribution in [0, 0.1) is 0 Å². The number of hydrogen-bond acceptors (Lipinski definition) is 5. The molecule has 2 heterocycles. The number of ether oxygens (including phenoxy) is 1. The summed E-state index contributed by atoms with van der Waals surface area (Å²) in [6.07, 6.45) is 2.09. The molecule has 24 heavy (non-hydrogen) atoms. The van der Waals surface area contributed by atoms with Crippen molar-refractivity contribution in [2.45, 2.75) is 19.4 Å². The van der Waals surface area contributed by atoms with Gasteiger partial charge in [0.2, 0.25) is 5.82 Å². The predicted octanol–water partition coefficient (Wildman–Crippen LogP) is 3.00. The zero-order chi connectivity index (χ0) is 16.2. The molecule has 1 aromatic heterocycles. The molecule has 0 saturated heterocycles. The lowest BCUT2D eigenvalue weighted by atomic mass is 10.00. The molecule has 0 fully saturated rings. The van der Waals surface area contributed by atoms with Crippen LogP contribution in [-0.4, -0.2) is 23.2 Å². The molecule has 0 amide bonds. The van der Waals surface area contributed by atoms with Crippen LogP contribution < -0.4 is 10.1 Å². The molecule has 0 spiro atoms. The van der Waals surface area contributed by atoms with Crippen LogP contribution >= 0.6 is 0 Å². The van der Waals surface area contributed by atoms with Crippen LogP contribution in [0.3, 0.4) is 0 Å². The number of para-hydroxylation sites is 1. The van der Waals surface area contributed by atoms with Crippen LogP contribution in [-0.2, 0) is 19.4 Å². The zero-order valence-corrected chi connectivity index (χ0v) is 13.4. The largest absolute Gasteiger partial charge is 0.485 e. The third-order valence-electron chi connectivity index (χ3n) is 4.17. The van der Waals surface area contributed by atoms with E-state index in [1.807, 2.05) is 30.3 Å².